The maximum absolute atomic E-state index is 14.6. The molecule has 0 aliphatic carbocycles. The Morgan fingerprint density at radius 2 is 0.924 bits per heavy atom. The molecule has 0 saturated carbocycles. The number of benzene rings is 7. The van der Waals surface area contributed by atoms with Crippen molar-refractivity contribution in [2.24, 2.45) is 0 Å². The van der Waals surface area contributed by atoms with Crippen molar-refractivity contribution >= 4 is 74.9 Å². The van der Waals surface area contributed by atoms with Crippen molar-refractivity contribution in [3.8, 4) is 11.5 Å². The van der Waals surface area contributed by atoms with E-state index in [4.69, 9.17) is 60.6 Å². The Morgan fingerprint density at radius 1 is 0.530 bits per heavy atom. The van der Waals surface area contributed by atoms with E-state index in [1.54, 1.807) is 14.2 Å². The number of ether oxygens (including phenoxy) is 3. The van der Waals surface area contributed by atoms with Crippen LogP contribution in [0.5, 0.6) is 11.5 Å². The Balaban J connectivity index is 1.40. The highest BCUT2D eigenvalue weighted by Crippen LogP contribution is 2.54. The van der Waals surface area contributed by atoms with Crippen molar-refractivity contribution in [1.29, 1.82) is 0 Å². The van der Waals surface area contributed by atoms with Crippen LogP contribution in [0.3, 0.4) is 0 Å². The number of methoxy groups -OCH3 is 2. The molecule has 1 heterocycles. The van der Waals surface area contributed by atoms with E-state index in [1.165, 1.54) is 11.1 Å². The lowest BCUT2D eigenvalue weighted by Crippen LogP contribution is -2.23. The third-order valence-corrected chi connectivity index (χ3v) is 13.7. The van der Waals surface area contributed by atoms with E-state index >= 15 is 0 Å². The molecule has 0 spiro atoms. The Hall–Kier alpha value is -6.15. The molecule has 0 unspecified atom stereocenters. The van der Waals surface area contributed by atoms with Gasteiger partial charge in [0.2, 0.25) is 0 Å². The van der Waals surface area contributed by atoms with E-state index < -0.39 is 11.6 Å². The van der Waals surface area contributed by atoms with Gasteiger partial charge in [-0.1, -0.05) is 169 Å². The number of hydrogen-bond acceptors (Lipinski definition) is 6. The van der Waals surface area contributed by atoms with Crippen molar-refractivity contribution in [2.75, 3.05) is 24.9 Å². The first-order valence-corrected chi connectivity index (χ1v) is 23.2. The van der Waals surface area contributed by atoms with Crippen molar-refractivity contribution in [3.63, 3.8) is 0 Å². The lowest BCUT2D eigenvalue weighted by molar-refractivity contribution is 0.0300. The number of esters is 1. The highest BCUT2D eigenvalue weighted by atomic mass is 35.5. The molecule has 0 bridgehead atoms. The van der Waals surface area contributed by atoms with Gasteiger partial charge in [0.05, 0.1) is 39.9 Å². The van der Waals surface area contributed by atoms with Crippen molar-refractivity contribution in [3.05, 3.63) is 233 Å². The Morgan fingerprint density at radius 3 is 1.33 bits per heavy atom. The summed E-state index contributed by atoms with van der Waals surface area (Å²) in [4.78, 5) is 14.6. The van der Waals surface area contributed by atoms with E-state index in [0.29, 0.717) is 35.7 Å². The second-order valence-corrected chi connectivity index (χ2v) is 17.4. The number of hydrogen-bond donors (Lipinski definition) is 2. The Bertz CT molecular complexity index is 2770. The first-order chi connectivity index (χ1) is 32.1. The average Bonchev–Trinajstić information content (AvgIpc) is 3.66. The van der Waals surface area contributed by atoms with Gasteiger partial charge >= 0.3 is 5.97 Å². The summed E-state index contributed by atoms with van der Waals surface area (Å²) in [6, 6.07) is 48.7. The molecule has 0 amide bonds. The van der Waals surface area contributed by atoms with Gasteiger partial charge in [0, 0.05) is 41.2 Å². The predicted molar refractivity (Wildman–Crippen MR) is 273 cm³/mol. The van der Waals surface area contributed by atoms with Crippen LogP contribution in [0.2, 0.25) is 20.1 Å². The van der Waals surface area contributed by atoms with Crippen LogP contribution in [0.15, 0.2) is 158 Å². The number of aryl methyl sites for hydroxylation is 2. The second-order valence-electron chi connectivity index (χ2n) is 15.9. The lowest BCUT2D eigenvalue weighted by Gasteiger charge is -2.28. The minimum Gasteiger partial charge on any atom is -0.497 e. The SMILES string of the molecule is CCc1ccc(CNc2ccccc2C(=CC2(C=C(c3ccc(OC)cc3)c3ccccc3NCc3ccc(CC)cc3)OC(=O)c3c(Cl)c(Cl)c(Cl)c(Cl)c32)c2ccc(OC)cc2)cc1. The normalized spacial score (nSPS) is 14.7. The van der Waals surface area contributed by atoms with Crippen LogP contribution >= 0.6 is 46.4 Å². The van der Waals surface area contributed by atoms with Crippen LogP contribution in [0.4, 0.5) is 11.4 Å². The number of nitrogens with one attached hydrogen (secondary N) is 2. The lowest BCUT2D eigenvalue weighted by atomic mass is 9.82. The van der Waals surface area contributed by atoms with Gasteiger partial charge in [0.15, 0.2) is 5.60 Å². The zero-order chi connectivity index (χ0) is 46.4. The zero-order valence-corrected chi connectivity index (χ0v) is 40.0. The summed E-state index contributed by atoms with van der Waals surface area (Å²) in [5.74, 6) is 0.640. The molecule has 0 saturated heterocycles. The number of carbonyl (C=O) groups excluding carboxylic acids is 1. The average molecular weight is 955 g/mol. The summed E-state index contributed by atoms with van der Waals surface area (Å²) < 4.78 is 17.9. The van der Waals surface area contributed by atoms with E-state index in [1.807, 2.05) is 109 Å². The molecule has 7 aromatic carbocycles. The fourth-order valence-electron chi connectivity index (χ4n) is 8.22. The summed E-state index contributed by atoms with van der Waals surface area (Å²) in [6.07, 6.45) is 5.77. The molecule has 334 valence electrons. The molecule has 8 rings (SSSR count). The largest absolute Gasteiger partial charge is 0.497 e. The van der Waals surface area contributed by atoms with Crippen LogP contribution in [0, 0.1) is 0 Å². The molecule has 7 aromatic rings. The molecule has 1 aliphatic rings. The number of halogens is 4. The topological polar surface area (TPSA) is 68.8 Å². The van der Waals surface area contributed by atoms with E-state index in [9.17, 15) is 4.79 Å². The number of para-hydroxylation sites is 2. The summed E-state index contributed by atoms with van der Waals surface area (Å²) in [5, 5.41) is 7.31. The molecular formula is C56H48Cl4N2O4. The maximum atomic E-state index is 14.6. The zero-order valence-electron chi connectivity index (χ0n) is 37.0. The van der Waals surface area contributed by atoms with Gasteiger partial charge in [-0.2, -0.15) is 0 Å². The second kappa shape index (κ2) is 20.6. The smallest absolute Gasteiger partial charge is 0.341 e. The Labute approximate surface area is 406 Å². The quantitative estimate of drug-likeness (QED) is 0.0571. The number of cyclic esters (lactones) is 1. The molecule has 2 N–H and O–H groups in total. The van der Waals surface area contributed by atoms with E-state index in [0.717, 1.165) is 57.6 Å². The van der Waals surface area contributed by atoms with Gasteiger partial charge in [-0.15, -0.1) is 0 Å². The van der Waals surface area contributed by atoms with Crippen LogP contribution < -0.4 is 20.1 Å². The van der Waals surface area contributed by atoms with Gasteiger partial charge < -0.3 is 24.8 Å². The molecule has 1 aliphatic heterocycles. The van der Waals surface area contributed by atoms with E-state index in [-0.39, 0.29) is 31.2 Å². The minimum absolute atomic E-state index is 0.00382. The van der Waals surface area contributed by atoms with Crippen LogP contribution in [-0.2, 0) is 36.3 Å². The number of anilines is 2. The van der Waals surface area contributed by atoms with Crippen LogP contribution in [0.1, 0.15) is 74.3 Å². The third kappa shape index (κ3) is 9.70. The first-order valence-electron chi connectivity index (χ1n) is 21.7. The molecule has 6 nitrogen and oxygen atoms in total. The standard InChI is InChI=1S/C56H48Cl4N2O4/c1-5-35-15-19-37(20-16-35)33-61-47-13-9-7-11-43(47)45(39-23-27-41(64-3)28-24-39)31-56(50-49(55(63)66-56)51(57)53(59)54(60)52(50)58)32-46(40-25-29-42(65-4)30-26-40)44-12-8-10-14-48(44)62-34-38-21-17-36(6-2)18-22-38/h7-32,61-62H,5-6,33-34H2,1-4H3. The minimum atomic E-state index is -1.74. The molecule has 0 radical (unpaired) electrons. The van der Waals surface area contributed by atoms with Gasteiger partial charge in [-0.05, 0) is 106 Å². The number of fused-ring (bicyclic) bond motifs is 1. The fourth-order valence-corrected chi connectivity index (χ4v) is 9.30. The van der Waals surface area contributed by atoms with Crippen molar-refractivity contribution in [1.82, 2.24) is 0 Å². The fraction of sp³-hybridized carbons (Fsp3) is 0.161. The van der Waals surface area contributed by atoms with Crippen molar-refractivity contribution < 1.29 is 19.0 Å². The maximum Gasteiger partial charge on any atom is 0.341 e. The van der Waals surface area contributed by atoms with Gasteiger partial charge in [0.1, 0.15) is 11.5 Å². The molecule has 0 fully saturated rings. The highest BCUT2D eigenvalue weighted by molar-refractivity contribution is 6.53. The summed E-state index contributed by atoms with van der Waals surface area (Å²) in [6.45, 7) is 5.41. The van der Waals surface area contributed by atoms with Gasteiger partial charge in [0.25, 0.3) is 0 Å². The predicted octanol–water partition coefficient (Wildman–Crippen LogP) is 15.3. The Kier molecular flexibility index (Phi) is 14.5. The third-order valence-electron chi connectivity index (χ3n) is 11.9. The van der Waals surface area contributed by atoms with Crippen LogP contribution in [0.25, 0.3) is 11.1 Å². The molecular weight excluding hydrogens is 906 g/mol. The first kappa shape index (κ1) is 46.4. The number of rotatable bonds is 16. The summed E-state index contributed by atoms with van der Waals surface area (Å²) in [5.41, 5.74) is 9.71. The van der Waals surface area contributed by atoms with Crippen LogP contribution in [-0.4, -0.2) is 20.2 Å². The molecule has 0 atom stereocenters. The molecule has 66 heavy (non-hydrogen) atoms. The monoisotopic (exact) mass is 952 g/mol. The molecule has 10 heteroatoms. The van der Waals surface area contributed by atoms with Gasteiger partial charge in [-0.25, -0.2) is 4.79 Å². The summed E-state index contributed by atoms with van der Waals surface area (Å²) in [7, 11) is 3.26. The number of carbonyl (C=O) groups is 1. The summed E-state index contributed by atoms with van der Waals surface area (Å²) >= 11 is 27.9. The molecule has 0 aromatic heterocycles. The van der Waals surface area contributed by atoms with Gasteiger partial charge in [-0.3, -0.25) is 0 Å². The highest BCUT2D eigenvalue weighted by Gasteiger charge is 2.48. The van der Waals surface area contributed by atoms with E-state index in [2.05, 4.69) is 73.0 Å². The van der Waals surface area contributed by atoms with Crippen molar-refractivity contribution in [2.45, 2.75) is 45.4 Å².